The first-order valence-corrected chi connectivity index (χ1v) is 6.24. The first-order valence-electron chi connectivity index (χ1n) is 6.24. The van der Waals surface area contributed by atoms with Crippen LogP contribution in [0.2, 0.25) is 0 Å². The Hall–Kier alpha value is -0.0400. The molecule has 82 valence electrons. The Labute approximate surface area is 88.9 Å². The quantitative estimate of drug-likeness (QED) is 0.654. The van der Waals surface area contributed by atoms with Crippen molar-refractivity contribution in [3.8, 4) is 0 Å². The molecule has 14 heavy (non-hydrogen) atoms. The van der Waals surface area contributed by atoms with Gasteiger partial charge in [-0.25, -0.2) is 0 Å². The van der Waals surface area contributed by atoms with E-state index in [9.17, 15) is 0 Å². The lowest BCUT2D eigenvalue weighted by Crippen LogP contribution is -2.42. The summed E-state index contributed by atoms with van der Waals surface area (Å²) in [6, 6.07) is 0. The SMILES string of the molecule is CC1CC2CCCC(CN(C)C)(C1)C2. The maximum absolute atomic E-state index is 2.46. The van der Waals surface area contributed by atoms with Crippen LogP contribution in [0.5, 0.6) is 0 Å². The largest absolute Gasteiger partial charge is 0.309 e. The Kier molecular flexibility index (Phi) is 2.88. The number of fused-ring (bicyclic) bond motifs is 2. The summed E-state index contributed by atoms with van der Waals surface area (Å²) in [7, 11) is 4.47. The minimum absolute atomic E-state index is 0.698. The van der Waals surface area contributed by atoms with Crippen LogP contribution in [0.15, 0.2) is 0 Å². The zero-order valence-electron chi connectivity index (χ0n) is 10.1. The molecule has 3 unspecified atom stereocenters. The van der Waals surface area contributed by atoms with Gasteiger partial charge >= 0.3 is 0 Å². The lowest BCUT2D eigenvalue weighted by Gasteiger charge is -2.49. The van der Waals surface area contributed by atoms with E-state index in [-0.39, 0.29) is 0 Å². The number of hydrogen-bond donors (Lipinski definition) is 0. The summed E-state index contributed by atoms with van der Waals surface area (Å²) < 4.78 is 0. The molecule has 2 bridgehead atoms. The molecule has 0 aliphatic heterocycles. The number of rotatable bonds is 2. The molecule has 1 heteroatoms. The highest BCUT2D eigenvalue weighted by atomic mass is 15.1. The van der Waals surface area contributed by atoms with Crippen molar-refractivity contribution in [2.45, 2.75) is 45.4 Å². The Balaban J connectivity index is 2.06. The highest BCUT2D eigenvalue weighted by molar-refractivity contribution is 4.93. The Morgan fingerprint density at radius 1 is 1.29 bits per heavy atom. The zero-order chi connectivity index (χ0) is 10.2. The molecule has 2 aliphatic rings. The van der Waals surface area contributed by atoms with E-state index in [2.05, 4.69) is 25.9 Å². The van der Waals surface area contributed by atoms with Gasteiger partial charge in [0, 0.05) is 6.54 Å². The van der Waals surface area contributed by atoms with E-state index in [0.717, 1.165) is 11.8 Å². The minimum Gasteiger partial charge on any atom is -0.309 e. The van der Waals surface area contributed by atoms with Crippen LogP contribution in [0.3, 0.4) is 0 Å². The van der Waals surface area contributed by atoms with E-state index in [1.807, 2.05) is 0 Å². The molecule has 0 N–H and O–H groups in total. The van der Waals surface area contributed by atoms with E-state index < -0.39 is 0 Å². The molecule has 0 aromatic heterocycles. The average Bonchev–Trinajstić information content (AvgIpc) is 1.99. The molecule has 2 saturated carbocycles. The normalized spacial score (nSPS) is 42.9. The van der Waals surface area contributed by atoms with Crippen LogP contribution in [0, 0.1) is 17.3 Å². The summed E-state index contributed by atoms with van der Waals surface area (Å²) in [5, 5.41) is 0. The lowest BCUT2D eigenvalue weighted by molar-refractivity contribution is 0.0238. The third-order valence-electron chi connectivity index (χ3n) is 4.21. The van der Waals surface area contributed by atoms with Crippen molar-refractivity contribution in [3.05, 3.63) is 0 Å². The van der Waals surface area contributed by atoms with Crippen LogP contribution < -0.4 is 0 Å². The van der Waals surface area contributed by atoms with E-state index in [4.69, 9.17) is 0 Å². The maximum atomic E-state index is 2.46. The average molecular weight is 195 g/mol. The second-order valence-electron chi connectivity index (χ2n) is 6.25. The van der Waals surface area contributed by atoms with Crippen LogP contribution in [-0.2, 0) is 0 Å². The molecule has 0 amide bonds. The predicted molar refractivity (Wildman–Crippen MR) is 61.3 cm³/mol. The molecule has 3 atom stereocenters. The monoisotopic (exact) mass is 195 g/mol. The Morgan fingerprint density at radius 2 is 2.07 bits per heavy atom. The molecular weight excluding hydrogens is 170 g/mol. The molecule has 0 saturated heterocycles. The number of hydrogen-bond acceptors (Lipinski definition) is 1. The van der Waals surface area contributed by atoms with Crippen LogP contribution in [0.1, 0.15) is 45.4 Å². The third-order valence-corrected chi connectivity index (χ3v) is 4.21. The first kappa shape index (κ1) is 10.5. The molecule has 0 radical (unpaired) electrons. The summed E-state index contributed by atoms with van der Waals surface area (Å²) in [5.74, 6) is 2.04. The molecule has 0 heterocycles. The van der Waals surface area contributed by atoms with Gasteiger partial charge in [0.25, 0.3) is 0 Å². The predicted octanol–water partition coefficient (Wildman–Crippen LogP) is 3.15. The van der Waals surface area contributed by atoms with Gasteiger partial charge in [-0.1, -0.05) is 19.8 Å². The second-order valence-corrected chi connectivity index (χ2v) is 6.25. The molecule has 2 fully saturated rings. The van der Waals surface area contributed by atoms with Crippen molar-refractivity contribution in [2.24, 2.45) is 17.3 Å². The van der Waals surface area contributed by atoms with Crippen molar-refractivity contribution < 1.29 is 0 Å². The molecule has 1 nitrogen and oxygen atoms in total. The van der Waals surface area contributed by atoms with Crippen LogP contribution in [0.25, 0.3) is 0 Å². The molecule has 0 aromatic rings. The summed E-state index contributed by atoms with van der Waals surface area (Å²) in [4.78, 5) is 2.40. The fraction of sp³-hybridized carbons (Fsp3) is 1.00. The van der Waals surface area contributed by atoms with Gasteiger partial charge in [0.1, 0.15) is 0 Å². The standard InChI is InChI=1S/C13H25N/c1-11-7-12-5-4-6-13(8-11,9-12)10-14(2)3/h11-12H,4-10H2,1-3H3. The van der Waals surface area contributed by atoms with Gasteiger partial charge in [0.2, 0.25) is 0 Å². The van der Waals surface area contributed by atoms with Crippen LogP contribution >= 0.6 is 0 Å². The van der Waals surface area contributed by atoms with Crippen molar-refractivity contribution in [2.75, 3.05) is 20.6 Å². The molecule has 2 rings (SSSR count). The number of nitrogens with zero attached hydrogens (tertiary/aromatic N) is 1. The molecular formula is C13H25N. The van der Waals surface area contributed by atoms with Gasteiger partial charge in [-0.2, -0.15) is 0 Å². The van der Waals surface area contributed by atoms with Crippen LogP contribution in [0.4, 0.5) is 0 Å². The van der Waals surface area contributed by atoms with E-state index in [0.29, 0.717) is 5.41 Å². The lowest BCUT2D eigenvalue weighted by atomic mass is 9.59. The summed E-state index contributed by atoms with van der Waals surface area (Å²) in [6.45, 7) is 3.79. The van der Waals surface area contributed by atoms with E-state index in [1.54, 1.807) is 0 Å². The van der Waals surface area contributed by atoms with Crippen molar-refractivity contribution in [3.63, 3.8) is 0 Å². The van der Waals surface area contributed by atoms with Gasteiger partial charge in [-0.3, -0.25) is 0 Å². The van der Waals surface area contributed by atoms with Crippen molar-refractivity contribution in [1.29, 1.82) is 0 Å². The summed E-state index contributed by atoms with van der Waals surface area (Å²) >= 11 is 0. The van der Waals surface area contributed by atoms with Crippen LogP contribution in [-0.4, -0.2) is 25.5 Å². The summed E-state index contributed by atoms with van der Waals surface area (Å²) in [5.41, 5.74) is 0.698. The Morgan fingerprint density at radius 3 is 2.79 bits per heavy atom. The fourth-order valence-electron chi connectivity index (χ4n) is 4.24. The Bertz CT molecular complexity index is 190. The second kappa shape index (κ2) is 3.84. The molecule has 2 aliphatic carbocycles. The van der Waals surface area contributed by atoms with Gasteiger partial charge < -0.3 is 4.90 Å². The van der Waals surface area contributed by atoms with Gasteiger partial charge in [-0.15, -0.1) is 0 Å². The molecule has 0 aromatic carbocycles. The van der Waals surface area contributed by atoms with E-state index >= 15 is 0 Å². The summed E-state index contributed by atoms with van der Waals surface area (Å²) in [6.07, 6.45) is 9.02. The first-order chi connectivity index (χ1) is 6.60. The van der Waals surface area contributed by atoms with E-state index in [1.165, 1.54) is 45.1 Å². The smallest absolute Gasteiger partial charge is 0.00321 e. The molecule has 0 spiro atoms. The zero-order valence-corrected chi connectivity index (χ0v) is 10.1. The van der Waals surface area contributed by atoms with Crippen molar-refractivity contribution in [1.82, 2.24) is 4.90 Å². The highest BCUT2D eigenvalue weighted by Crippen LogP contribution is 2.50. The van der Waals surface area contributed by atoms with Gasteiger partial charge in [0.15, 0.2) is 0 Å². The van der Waals surface area contributed by atoms with Crippen molar-refractivity contribution >= 4 is 0 Å². The van der Waals surface area contributed by atoms with Gasteiger partial charge in [0.05, 0.1) is 0 Å². The fourth-order valence-corrected chi connectivity index (χ4v) is 4.24. The topological polar surface area (TPSA) is 3.24 Å². The van der Waals surface area contributed by atoms with Gasteiger partial charge in [-0.05, 0) is 57.0 Å². The maximum Gasteiger partial charge on any atom is 0.00321 e. The highest BCUT2D eigenvalue weighted by Gasteiger charge is 2.41. The third kappa shape index (κ3) is 2.13. The minimum atomic E-state index is 0.698.